The molecule has 23 heteroatoms. The zero-order valence-electron chi connectivity index (χ0n) is 31.9. The van der Waals surface area contributed by atoms with Gasteiger partial charge in [0.05, 0.1) is 41.5 Å². The molecule has 0 fully saturated rings. The van der Waals surface area contributed by atoms with Crippen LogP contribution in [0.1, 0.15) is 33.3 Å². The van der Waals surface area contributed by atoms with Gasteiger partial charge in [0, 0.05) is 6.92 Å². The molecule has 0 bridgehead atoms. The fourth-order valence-electron chi connectivity index (χ4n) is 3.47. The van der Waals surface area contributed by atoms with E-state index >= 15 is 0 Å². The first-order valence-electron chi connectivity index (χ1n) is 12.0. The third-order valence-corrected chi connectivity index (χ3v) is 7.77. The van der Waals surface area contributed by atoms with Crippen LogP contribution in [0, 0.1) is 0 Å². The number of carboxylic acids is 3. The van der Waals surface area contributed by atoms with E-state index in [1.54, 1.807) is 42.5 Å². The van der Waals surface area contributed by atoms with Gasteiger partial charge in [0.1, 0.15) is 23.0 Å². The maximum Gasteiger partial charge on any atom is 1.00 e. The van der Waals surface area contributed by atoms with Gasteiger partial charge in [-0.1, -0.05) is 36.0 Å². The molecule has 0 saturated heterocycles. The molecule has 0 saturated carbocycles. The predicted octanol–water partition coefficient (Wildman–Crippen LogP) is -8.25. The number of ether oxygens (including phenoxy) is 2. The molecule has 2 heterocycles. The Labute approximate surface area is 392 Å². The molecule has 1 unspecified atom stereocenters. The number of aromatic carboxylic acids is 2. The first kappa shape index (κ1) is 59.1. The van der Waals surface area contributed by atoms with Gasteiger partial charge in [-0.2, -0.15) is 0 Å². The van der Waals surface area contributed by atoms with E-state index in [-0.39, 0.29) is 159 Å². The van der Waals surface area contributed by atoms with Crippen LogP contribution in [0.2, 0.25) is 0 Å². The van der Waals surface area contributed by atoms with Crippen molar-refractivity contribution in [3.63, 3.8) is 0 Å². The number of carboxylic acid groups (broad SMARTS) is 3. The van der Waals surface area contributed by atoms with Crippen molar-refractivity contribution in [3.8, 4) is 23.0 Å². The van der Waals surface area contributed by atoms with E-state index < -0.39 is 28.7 Å². The van der Waals surface area contributed by atoms with Crippen molar-refractivity contribution in [2.24, 2.45) is 0 Å². The number of hydrogen-bond acceptors (Lipinski definition) is 11. The second-order valence-corrected chi connectivity index (χ2v) is 10.7. The molecule has 4 aromatic rings. The third kappa shape index (κ3) is 18.2. The zero-order valence-corrected chi connectivity index (χ0v) is 37.6. The van der Waals surface area contributed by atoms with Gasteiger partial charge in [0.2, 0.25) is 0 Å². The van der Waals surface area contributed by atoms with E-state index in [4.69, 9.17) is 39.5 Å². The minimum atomic E-state index is -1.41. The summed E-state index contributed by atoms with van der Waals surface area (Å²) in [7, 11) is -1.45. The van der Waals surface area contributed by atoms with Crippen LogP contribution >= 0.6 is 11.8 Å². The Morgan fingerprint density at radius 3 is 1.63 bits per heavy atom. The Balaban J connectivity index is -0.0000000775. The summed E-state index contributed by atoms with van der Waals surface area (Å²) in [6.45, 7) is 1.08. The summed E-state index contributed by atoms with van der Waals surface area (Å²) < 4.78 is 32.5. The van der Waals surface area contributed by atoms with Crippen molar-refractivity contribution in [1.29, 1.82) is 0 Å². The Hall–Kier alpha value is -1.15. The molecule has 4 aromatic carbocycles. The normalized spacial score (nSPS) is 10.9. The van der Waals surface area contributed by atoms with E-state index in [0.29, 0.717) is 27.0 Å². The van der Waals surface area contributed by atoms with Gasteiger partial charge < -0.3 is 46.9 Å². The fourth-order valence-corrected chi connectivity index (χ4v) is 5.72. The van der Waals surface area contributed by atoms with Gasteiger partial charge in [-0.05, 0) is 60.7 Å². The quantitative estimate of drug-likeness (QED) is 0.0733. The van der Waals surface area contributed by atoms with Crippen LogP contribution in [-0.2, 0) is 30.1 Å². The molecule has 0 radical (unpaired) electrons. The van der Waals surface area contributed by atoms with Crippen molar-refractivity contribution >= 4 is 47.8 Å². The number of rotatable bonds is 4. The number of hydrogen-bond donors (Lipinski definition) is 4. The van der Waals surface area contributed by atoms with Crippen molar-refractivity contribution in [2.75, 3.05) is 0 Å². The summed E-state index contributed by atoms with van der Waals surface area (Å²) in [5.74, 6) is -0.295. The molecule has 0 amide bonds. The largest absolute Gasteiger partial charge is 1.00 e. The number of fused-ring (bicyclic) bond motifs is 4. The Bertz CT molecular complexity index is 1750. The van der Waals surface area contributed by atoms with Crippen LogP contribution in [-0.4, -0.2) is 66.5 Å². The summed E-state index contributed by atoms with van der Waals surface area (Å²) in [6, 6.07) is 24.0. The summed E-state index contributed by atoms with van der Waals surface area (Å²) in [4.78, 5) is 36.8. The predicted molar refractivity (Wildman–Crippen MR) is 168 cm³/mol. The fraction of sp³-hybridized carbons (Fsp3) is 0.0357. The van der Waals surface area contributed by atoms with Crippen LogP contribution < -0.4 is 128 Å². The number of aliphatic carboxylic acids is 1. The van der Waals surface area contributed by atoms with Crippen LogP contribution in [0.4, 0.5) is 0 Å². The molecule has 51 heavy (non-hydrogen) atoms. The first-order valence-corrected chi connectivity index (χ1v) is 14.0. The maximum absolute atomic E-state index is 12.3. The Morgan fingerprint density at radius 1 is 0.686 bits per heavy atom. The SMILES string of the molecule is CC(=O)O.O.O.O.O=BOOO.O=C(O)c1ccc2c(c1)S(=O)c1ccccc1O2.O=C(O)c1ccc2c(c1)Sc1ccccc1O2.[H-].[H-].[H-].[H-].[Na+].[Na+].[Na+].[Na+]. The van der Waals surface area contributed by atoms with Gasteiger partial charge in [-0.25, -0.2) is 13.8 Å². The molecule has 1 atom stereocenters. The number of carbonyl (C=O) groups is 3. The summed E-state index contributed by atoms with van der Waals surface area (Å²) in [5, 5.41) is 35.2. The monoisotopic (exact) mass is 790 g/mol. The topological polar surface area (TPSA) is 298 Å². The third-order valence-electron chi connectivity index (χ3n) is 5.22. The van der Waals surface area contributed by atoms with Gasteiger partial charge in [0.15, 0.2) is 0 Å². The Morgan fingerprint density at radius 2 is 1.12 bits per heavy atom. The Kier molecular flexibility index (Phi) is 35.0. The summed E-state index contributed by atoms with van der Waals surface area (Å²) >= 11 is 1.53. The van der Waals surface area contributed by atoms with Gasteiger partial charge in [0.25, 0.3) is 5.97 Å². The van der Waals surface area contributed by atoms with E-state index in [9.17, 15) is 13.8 Å². The number of para-hydroxylation sites is 2. The van der Waals surface area contributed by atoms with Crippen molar-refractivity contribution in [3.05, 3.63) is 96.1 Å². The van der Waals surface area contributed by atoms with E-state index in [1.165, 1.54) is 30.0 Å². The molecule has 0 spiro atoms. The maximum atomic E-state index is 12.3. The van der Waals surface area contributed by atoms with Gasteiger partial charge in [-0.15, -0.1) is 0 Å². The molecule has 0 aromatic heterocycles. The molecule has 6 rings (SSSR count). The second-order valence-electron chi connectivity index (χ2n) is 8.19. The minimum absolute atomic E-state index is 0. The average molecular weight is 790 g/mol. The van der Waals surface area contributed by atoms with Gasteiger partial charge >= 0.3 is 157 Å². The molecule has 16 nitrogen and oxygen atoms in total. The van der Waals surface area contributed by atoms with Crippen LogP contribution in [0.15, 0.2) is 105 Å². The van der Waals surface area contributed by atoms with Crippen LogP contribution in [0.3, 0.4) is 0 Å². The smallest absolute Gasteiger partial charge is 1.00 e. The van der Waals surface area contributed by atoms with E-state index in [2.05, 4.69) is 9.84 Å². The van der Waals surface area contributed by atoms with Crippen molar-refractivity contribution < 1.29 is 204 Å². The van der Waals surface area contributed by atoms with Crippen LogP contribution in [0.25, 0.3) is 0 Å². The van der Waals surface area contributed by atoms with Crippen LogP contribution in [0.5, 0.6) is 23.0 Å². The summed E-state index contributed by atoms with van der Waals surface area (Å²) in [6.07, 6.45) is 0. The van der Waals surface area contributed by atoms with Crippen molar-refractivity contribution in [1.82, 2.24) is 0 Å². The average Bonchev–Trinajstić information content (AvgIpc) is 3.00. The number of benzene rings is 4. The zero-order chi connectivity index (χ0) is 32.2. The molecular formula is C28H31BNa4O16S2. The first-order chi connectivity index (χ1) is 21.0. The minimum Gasteiger partial charge on any atom is -1.00 e. The standard InChI is InChI=1S/C13H8O4S.C13H8O3S.C2H4O2.BHO4.4Na.3H2O.4H/c14-13(15)8-5-6-10-12(7-8)18(16)11-4-2-1-3-9(11)17-10;14-13(15)8-5-6-10-12(7-8)17-11-4-2-1-3-9(11)16-10;1-2(3)4;2-1-4-5-3;;;;;;;;;;;/h1-7H,(H,14,15);1-7H,(H,14,15);1H3,(H,3,4);3H;;;;;3*1H2;;;;/q;;;;4*+1;;;;4*-1. The molecule has 2 aliphatic heterocycles. The molecule has 258 valence electrons. The second kappa shape index (κ2) is 30.2. The molecule has 10 N–H and O–H groups in total. The molecule has 0 aliphatic carbocycles. The van der Waals surface area contributed by atoms with E-state index in [0.717, 1.165) is 22.5 Å². The molecule has 2 aliphatic rings. The molecular weight excluding hydrogens is 759 g/mol. The van der Waals surface area contributed by atoms with Gasteiger partial charge in [-0.3, -0.25) is 4.79 Å². The van der Waals surface area contributed by atoms with E-state index in [1.807, 2.05) is 24.3 Å². The summed E-state index contributed by atoms with van der Waals surface area (Å²) in [5.41, 5.74) is 0.379. The van der Waals surface area contributed by atoms with Crippen molar-refractivity contribution in [2.45, 2.75) is 26.5 Å².